The highest BCUT2D eigenvalue weighted by atomic mass is 32.2. The third-order valence-electron chi connectivity index (χ3n) is 5.21. The molecule has 0 saturated heterocycles. The first-order valence-corrected chi connectivity index (χ1v) is 11.9. The molecule has 0 amide bonds. The lowest BCUT2D eigenvalue weighted by Crippen LogP contribution is -2.21. The van der Waals surface area contributed by atoms with Crippen molar-refractivity contribution in [2.24, 2.45) is 5.92 Å². The number of rotatable bonds is 10. The molecule has 0 aliphatic rings. The van der Waals surface area contributed by atoms with Gasteiger partial charge in [-0.3, -0.25) is 8.98 Å². The van der Waals surface area contributed by atoms with Crippen LogP contribution in [0, 0.1) is 12.8 Å². The molecule has 1 atom stereocenters. The van der Waals surface area contributed by atoms with Crippen LogP contribution in [0.2, 0.25) is 0 Å². The lowest BCUT2D eigenvalue weighted by molar-refractivity contribution is -0.148. The van der Waals surface area contributed by atoms with Gasteiger partial charge in [-0.15, -0.1) is 0 Å². The Hall–Kier alpha value is -2.70. The summed E-state index contributed by atoms with van der Waals surface area (Å²) in [6.07, 6.45) is 1.44. The SMILES string of the molecule is CCOC(=O)C(CCCOS(=O)(=O)c1ccc(C)cc1)Cc1cccc2ccccc12. The number of esters is 1. The standard InChI is InChI=1S/C25H28O5S/c1-3-29-25(26)22(18-21-10-6-9-20-8-4-5-12-24(20)21)11-7-17-30-31(27,28)23-15-13-19(2)14-16-23/h4-6,8-10,12-16,22H,3,7,11,17-18H2,1-2H3. The van der Waals surface area contributed by atoms with Gasteiger partial charge in [-0.25, -0.2) is 0 Å². The van der Waals surface area contributed by atoms with Gasteiger partial charge < -0.3 is 4.74 Å². The third-order valence-corrected chi connectivity index (χ3v) is 6.54. The van der Waals surface area contributed by atoms with Crippen LogP contribution in [0.25, 0.3) is 10.8 Å². The van der Waals surface area contributed by atoms with Crippen LogP contribution in [-0.4, -0.2) is 27.6 Å². The van der Waals surface area contributed by atoms with Gasteiger partial charge >= 0.3 is 5.97 Å². The predicted molar refractivity (Wildman–Crippen MR) is 121 cm³/mol. The van der Waals surface area contributed by atoms with E-state index in [1.807, 2.05) is 49.4 Å². The van der Waals surface area contributed by atoms with Crippen LogP contribution >= 0.6 is 0 Å². The van der Waals surface area contributed by atoms with E-state index in [9.17, 15) is 13.2 Å². The lowest BCUT2D eigenvalue weighted by Gasteiger charge is -2.17. The summed E-state index contributed by atoms with van der Waals surface area (Å²) < 4.78 is 35.2. The number of carbonyl (C=O) groups excluding carboxylic acids is 1. The molecule has 0 bridgehead atoms. The summed E-state index contributed by atoms with van der Waals surface area (Å²) in [4.78, 5) is 12.7. The maximum absolute atomic E-state index is 12.5. The number of hydrogen-bond acceptors (Lipinski definition) is 5. The fourth-order valence-corrected chi connectivity index (χ4v) is 4.51. The highest BCUT2D eigenvalue weighted by molar-refractivity contribution is 7.86. The second-order valence-electron chi connectivity index (χ2n) is 7.52. The van der Waals surface area contributed by atoms with Crippen molar-refractivity contribution in [2.75, 3.05) is 13.2 Å². The molecule has 31 heavy (non-hydrogen) atoms. The largest absolute Gasteiger partial charge is 0.466 e. The van der Waals surface area contributed by atoms with E-state index >= 15 is 0 Å². The minimum Gasteiger partial charge on any atom is -0.466 e. The molecule has 164 valence electrons. The Balaban J connectivity index is 1.65. The molecule has 1 unspecified atom stereocenters. The Labute approximate surface area is 184 Å². The van der Waals surface area contributed by atoms with Crippen molar-refractivity contribution in [2.45, 2.75) is 38.0 Å². The number of ether oxygens (including phenoxy) is 1. The van der Waals surface area contributed by atoms with E-state index in [-0.39, 0.29) is 23.4 Å². The van der Waals surface area contributed by atoms with Crippen LogP contribution in [0.4, 0.5) is 0 Å². The molecule has 3 aromatic carbocycles. The summed E-state index contributed by atoms with van der Waals surface area (Å²) in [5.41, 5.74) is 2.05. The third kappa shape index (κ3) is 6.15. The highest BCUT2D eigenvalue weighted by Gasteiger charge is 2.22. The molecule has 0 N–H and O–H groups in total. The number of benzene rings is 3. The van der Waals surface area contributed by atoms with Gasteiger partial charge in [0.25, 0.3) is 10.1 Å². The first-order valence-electron chi connectivity index (χ1n) is 10.5. The summed E-state index contributed by atoms with van der Waals surface area (Å²) in [6.45, 7) is 4.00. The Kier molecular flexibility index (Phi) is 7.82. The van der Waals surface area contributed by atoms with Crippen LogP contribution in [0.3, 0.4) is 0 Å². The first-order chi connectivity index (χ1) is 14.9. The Morgan fingerprint density at radius 3 is 2.42 bits per heavy atom. The molecule has 0 fully saturated rings. The molecular formula is C25H28O5S. The lowest BCUT2D eigenvalue weighted by atomic mass is 9.92. The van der Waals surface area contributed by atoms with Gasteiger partial charge in [0, 0.05) is 0 Å². The Morgan fingerprint density at radius 1 is 0.968 bits per heavy atom. The fraction of sp³-hybridized carbons (Fsp3) is 0.320. The van der Waals surface area contributed by atoms with Crippen molar-refractivity contribution < 1.29 is 22.1 Å². The van der Waals surface area contributed by atoms with E-state index in [0.29, 0.717) is 25.9 Å². The van der Waals surface area contributed by atoms with Gasteiger partial charge in [0.15, 0.2) is 0 Å². The maximum Gasteiger partial charge on any atom is 0.309 e. The number of hydrogen-bond donors (Lipinski definition) is 0. The van der Waals surface area contributed by atoms with Crippen molar-refractivity contribution in [1.29, 1.82) is 0 Å². The summed E-state index contributed by atoms with van der Waals surface area (Å²) in [7, 11) is -3.81. The summed E-state index contributed by atoms with van der Waals surface area (Å²) in [6, 6.07) is 20.6. The zero-order valence-corrected chi connectivity index (χ0v) is 18.7. The number of carbonyl (C=O) groups is 1. The van der Waals surface area contributed by atoms with Gasteiger partial charge in [-0.2, -0.15) is 8.42 Å². The van der Waals surface area contributed by atoms with Crippen molar-refractivity contribution >= 4 is 26.9 Å². The van der Waals surface area contributed by atoms with E-state index in [1.165, 1.54) is 12.1 Å². The van der Waals surface area contributed by atoms with Gasteiger partial charge in [-0.1, -0.05) is 60.2 Å². The average Bonchev–Trinajstić information content (AvgIpc) is 2.76. The van der Waals surface area contributed by atoms with E-state index in [1.54, 1.807) is 19.1 Å². The normalized spacial score (nSPS) is 12.6. The topological polar surface area (TPSA) is 69.7 Å². The van der Waals surface area contributed by atoms with E-state index in [0.717, 1.165) is 21.9 Å². The molecule has 0 aliphatic carbocycles. The van der Waals surface area contributed by atoms with Gasteiger partial charge in [0.05, 0.1) is 24.0 Å². The van der Waals surface area contributed by atoms with Crippen LogP contribution in [0.1, 0.15) is 30.9 Å². The molecule has 0 spiro atoms. The highest BCUT2D eigenvalue weighted by Crippen LogP contribution is 2.24. The molecular weight excluding hydrogens is 412 g/mol. The predicted octanol–water partition coefficient (Wildman–Crippen LogP) is 5.06. The van der Waals surface area contributed by atoms with Gasteiger partial charge in [-0.05, 0) is 61.6 Å². The van der Waals surface area contributed by atoms with Crippen LogP contribution in [0.15, 0.2) is 71.6 Å². The quantitative estimate of drug-likeness (QED) is 0.250. The molecule has 0 heterocycles. The molecule has 3 rings (SSSR count). The summed E-state index contributed by atoms with van der Waals surface area (Å²) in [5, 5.41) is 2.23. The summed E-state index contributed by atoms with van der Waals surface area (Å²) in [5.74, 6) is -0.631. The van der Waals surface area contributed by atoms with Crippen LogP contribution in [0.5, 0.6) is 0 Å². The molecule has 0 radical (unpaired) electrons. The monoisotopic (exact) mass is 440 g/mol. The smallest absolute Gasteiger partial charge is 0.309 e. The fourth-order valence-electron chi connectivity index (χ4n) is 3.57. The minimum atomic E-state index is -3.81. The van der Waals surface area contributed by atoms with Crippen molar-refractivity contribution in [3.8, 4) is 0 Å². The first kappa shape index (κ1) is 23.0. The molecule has 0 aliphatic heterocycles. The zero-order chi connectivity index (χ0) is 22.3. The average molecular weight is 441 g/mol. The van der Waals surface area contributed by atoms with Gasteiger partial charge in [0.1, 0.15) is 0 Å². The van der Waals surface area contributed by atoms with Crippen molar-refractivity contribution in [3.05, 3.63) is 77.9 Å². The van der Waals surface area contributed by atoms with E-state index < -0.39 is 10.1 Å². The summed E-state index contributed by atoms with van der Waals surface area (Å²) >= 11 is 0. The van der Waals surface area contributed by atoms with Gasteiger partial charge in [0.2, 0.25) is 0 Å². The molecule has 5 nitrogen and oxygen atoms in total. The second-order valence-corrected chi connectivity index (χ2v) is 9.14. The zero-order valence-electron chi connectivity index (χ0n) is 17.9. The minimum absolute atomic E-state index is 0.0155. The molecule has 0 saturated carbocycles. The Bertz CT molecular complexity index is 1110. The second kappa shape index (κ2) is 10.6. The molecule has 6 heteroatoms. The van der Waals surface area contributed by atoms with Crippen LogP contribution < -0.4 is 0 Å². The Morgan fingerprint density at radius 2 is 1.68 bits per heavy atom. The van der Waals surface area contributed by atoms with Crippen molar-refractivity contribution in [1.82, 2.24) is 0 Å². The molecule has 0 aromatic heterocycles. The van der Waals surface area contributed by atoms with Crippen LogP contribution in [-0.2, 0) is 30.3 Å². The van der Waals surface area contributed by atoms with Crippen molar-refractivity contribution in [3.63, 3.8) is 0 Å². The van der Waals surface area contributed by atoms with E-state index in [2.05, 4.69) is 0 Å². The van der Waals surface area contributed by atoms with E-state index in [4.69, 9.17) is 8.92 Å². The molecule has 3 aromatic rings. The maximum atomic E-state index is 12.5. The number of aryl methyl sites for hydroxylation is 1. The number of fused-ring (bicyclic) bond motifs is 1.